The molecule has 0 saturated carbocycles. The van der Waals surface area contributed by atoms with Gasteiger partial charge in [0.15, 0.2) is 50.3 Å². The third kappa shape index (κ3) is 27.6. The molecule has 4 amide bonds. The first-order chi connectivity index (χ1) is 55.3. The van der Waals surface area contributed by atoms with Crippen LogP contribution < -0.4 is 21.3 Å². The average molecular weight is 1710 g/mol. The third-order valence-electron chi connectivity index (χ3n) is 20.7. The molecule has 0 aliphatic carbocycles. The second kappa shape index (κ2) is 45.8. The van der Waals surface area contributed by atoms with E-state index in [9.17, 15) is 101 Å². The highest BCUT2D eigenvalue weighted by Crippen LogP contribution is 2.37. The highest BCUT2D eigenvalue weighted by molar-refractivity contribution is 7.81. The molecule has 45 heteroatoms. The SMILES string of the molecule is CCCC(=O)NC1[C@H](OCCCCCc2ccccc2)OC(CO)[C@@H](O[C@H]2C[C@H](O)[C@H](O[C@@H]3OC(CO)[C@@H](O[C@H]4C[C@H](O)[C@H](O[C@H]5OC(COS(=O)(=O)O)[C@@H](O[C@H]6C[C@H](O)[C@H](O[C@@H]7OC(COS(=O)(=O)O)[C@@H](O[C@H]8C[C@H](O)[C@H](O)CO8)[C@H](O)C7NC(=O)CCC)CO6)[C@H](O)C5NC(=O)CCC)CO4)[C@H](O)C3NC(=O)CCC)CO2)[C@@H]1O. The Morgan fingerprint density at radius 3 is 1.05 bits per heavy atom. The van der Waals surface area contributed by atoms with E-state index in [1.807, 2.05) is 37.3 Å². The fourth-order valence-electron chi connectivity index (χ4n) is 14.6. The molecule has 8 saturated heterocycles. The molecule has 9 rings (SSSR count). The predicted molar refractivity (Wildman–Crippen MR) is 387 cm³/mol. The molecule has 0 spiro atoms. The van der Waals surface area contributed by atoms with Crippen molar-refractivity contribution in [2.45, 2.75) is 327 Å². The first-order valence-electron chi connectivity index (χ1n) is 39.4. The van der Waals surface area contributed by atoms with Crippen LogP contribution in [0.1, 0.15) is 130 Å². The number of hydrogen-bond donors (Lipinski definition) is 17. The molecule has 116 heavy (non-hydrogen) atoms. The lowest BCUT2D eigenvalue weighted by molar-refractivity contribution is -0.352. The van der Waals surface area contributed by atoms with Crippen LogP contribution in [0.3, 0.4) is 0 Å². The standard InChI is InChI=1S/C71H116N4O39S2/c1-5-15-48(83)72-56-60(87)64(41(27-76)104-68(56)97-22-14-10-13-21-35-19-11-9-12-20-35)111-53-24-37(79)43(30-99-53)106-69-57(73-49(84)16-6-2)61(88)65(42(28-77)105-69)112-54-25-38(80)44(31-100-54)107-71-59(75-51(86)18-8-4)63(90)67(47(110-71)34-103-116(94,95)96)114-55-26-39(81)45(32-101-55)108-70-58(74-50(85)17-7-3)62(89)66(46(109-70)33-102-115(91,92)93)113-52-23-36(78)40(82)29-98-52/h9,11-12,19-20,36-47,52-71,76-82,87-90H,5-8,10,13-18,21-34H2,1-4H3,(H,72,83)(H,73,84)(H,74,85)(H,75,86)(H,91,92,93)(H,94,95,96)/t36-,37-,38-,39-,40+,41?,42?,43+,44+,45+,46?,47?,52-,53-,54-,55-,56?,57?,58?,59?,60+,61+,62+,63+,64+,65+,66+,67+,68+,69-,70+,71-/m0/s1. The molecular formula is C71H116N4O39S2. The maximum absolute atomic E-state index is 13.4. The number of carbonyl (C=O) groups is 4. The van der Waals surface area contributed by atoms with Crippen LogP contribution in [0.15, 0.2) is 30.3 Å². The number of rotatable bonds is 41. The summed E-state index contributed by atoms with van der Waals surface area (Å²) in [5.74, 6) is -2.29. The molecule has 8 heterocycles. The van der Waals surface area contributed by atoms with Gasteiger partial charge in [-0.05, 0) is 50.5 Å². The molecule has 8 aliphatic heterocycles. The molecule has 8 aliphatic rings. The lowest BCUT2D eigenvalue weighted by atomic mass is 9.95. The largest absolute Gasteiger partial charge is 0.397 e. The number of aliphatic hydroxyl groups is 11. The van der Waals surface area contributed by atoms with Gasteiger partial charge in [0.25, 0.3) is 0 Å². The van der Waals surface area contributed by atoms with Crippen molar-refractivity contribution in [3.63, 3.8) is 0 Å². The van der Waals surface area contributed by atoms with Crippen molar-refractivity contribution in [1.29, 1.82) is 0 Å². The van der Waals surface area contributed by atoms with Crippen LogP contribution in [0.4, 0.5) is 0 Å². The smallest absolute Gasteiger partial charge is 0.394 e. The fraction of sp³-hybridized carbons (Fsp3) is 0.859. The number of carbonyl (C=O) groups excluding carboxylic acids is 4. The van der Waals surface area contributed by atoms with Crippen LogP contribution >= 0.6 is 0 Å². The first kappa shape index (κ1) is 95.6. The number of unbranched alkanes of at least 4 members (excludes halogenated alkanes) is 2. The lowest BCUT2D eigenvalue weighted by Gasteiger charge is -2.48. The zero-order chi connectivity index (χ0) is 84.1. The van der Waals surface area contributed by atoms with E-state index < -0.39 is 307 Å². The Morgan fingerprint density at radius 2 is 0.724 bits per heavy atom. The third-order valence-corrected chi connectivity index (χ3v) is 21.6. The van der Waals surface area contributed by atoms with E-state index in [1.54, 1.807) is 20.8 Å². The van der Waals surface area contributed by atoms with Gasteiger partial charge in [0, 0.05) is 58.0 Å². The van der Waals surface area contributed by atoms with E-state index in [-0.39, 0.29) is 51.6 Å². The van der Waals surface area contributed by atoms with E-state index in [1.165, 1.54) is 5.56 Å². The van der Waals surface area contributed by atoms with Crippen molar-refractivity contribution in [1.82, 2.24) is 21.3 Å². The van der Waals surface area contributed by atoms with Crippen molar-refractivity contribution >= 4 is 44.4 Å². The highest BCUT2D eigenvalue weighted by Gasteiger charge is 2.56. The van der Waals surface area contributed by atoms with Gasteiger partial charge < -0.3 is 153 Å². The van der Waals surface area contributed by atoms with Gasteiger partial charge in [0.05, 0.1) is 77.3 Å². The van der Waals surface area contributed by atoms with Gasteiger partial charge in [0.2, 0.25) is 23.6 Å². The average Bonchev–Trinajstić information content (AvgIpc) is 0.790. The van der Waals surface area contributed by atoms with Gasteiger partial charge >= 0.3 is 20.8 Å². The summed E-state index contributed by atoms with van der Waals surface area (Å²) in [5.41, 5.74) is 1.20. The van der Waals surface area contributed by atoms with Gasteiger partial charge in [-0.1, -0.05) is 64.4 Å². The molecule has 8 fully saturated rings. The van der Waals surface area contributed by atoms with Crippen molar-refractivity contribution in [3.8, 4) is 0 Å². The number of nitrogens with one attached hydrogen (secondary N) is 4. The molecule has 1 aromatic rings. The Labute approximate surface area is 670 Å². The van der Waals surface area contributed by atoms with Gasteiger partial charge in [-0.15, -0.1) is 0 Å². The van der Waals surface area contributed by atoms with Gasteiger partial charge in [-0.3, -0.25) is 28.3 Å². The van der Waals surface area contributed by atoms with Crippen LogP contribution in [0.25, 0.3) is 0 Å². The van der Waals surface area contributed by atoms with Gasteiger partial charge in [-0.25, -0.2) is 8.37 Å². The molecule has 1 aromatic carbocycles. The minimum atomic E-state index is -5.29. The number of hydrogen-bond acceptors (Lipinski definition) is 37. The zero-order valence-corrected chi connectivity index (χ0v) is 66.4. The number of amides is 4. The number of ether oxygens (including phenoxy) is 16. The molecule has 0 bridgehead atoms. The molecule has 43 nitrogen and oxygen atoms in total. The summed E-state index contributed by atoms with van der Waals surface area (Å²) < 4.78 is 173. The van der Waals surface area contributed by atoms with Crippen molar-refractivity contribution < 1.29 is 185 Å². The van der Waals surface area contributed by atoms with Gasteiger partial charge in [-0.2, -0.15) is 16.8 Å². The van der Waals surface area contributed by atoms with Crippen molar-refractivity contribution in [3.05, 3.63) is 35.9 Å². The second-order valence-corrected chi connectivity index (χ2v) is 31.9. The normalized spacial score (nSPS) is 38.7. The number of aliphatic hydroxyl groups excluding tert-OH is 11. The monoisotopic (exact) mass is 1710 g/mol. The molecule has 666 valence electrons. The molecule has 32 atom stereocenters. The van der Waals surface area contributed by atoms with E-state index in [4.69, 9.17) is 80.0 Å². The Kier molecular flexibility index (Phi) is 37.7. The molecule has 0 aromatic heterocycles. The minimum Gasteiger partial charge on any atom is -0.394 e. The lowest BCUT2D eigenvalue weighted by Crippen LogP contribution is -2.68. The minimum absolute atomic E-state index is 0.0416. The summed E-state index contributed by atoms with van der Waals surface area (Å²) >= 11 is 0. The van der Waals surface area contributed by atoms with Gasteiger partial charge in [0.1, 0.15) is 122 Å². The summed E-state index contributed by atoms with van der Waals surface area (Å²) in [4.78, 5) is 53.0. The van der Waals surface area contributed by atoms with Crippen LogP contribution in [0.2, 0.25) is 0 Å². The van der Waals surface area contributed by atoms with Crippen molar-refractivity contribution in [2.24, 2.45) is 0 Å². The molecule has 8 unspecified atom stereocenters. The number of aryl methyl sites for hydroxylation is 1. The van der Waals surface area contributed by atoms with E-state index in [0.29, 0.717) is 25.7 Å². The highest BCUT2D eigenvalue weighted by atomic mass is 32.3. The number of benzene rings is 1. The summed E-state index contributed by atoms with van der Waals surface area (Å²) in [6.07, 6.45) is -40.6. The second-order valence-electron chi connectivity index (χ2n) is 29.7. The van der Waals surface area contributed by atoms with Crippen LogP contribution in [0.5, 0.6) is 0 Å². The van der Waals surface area contributed by atoms with Crippen LogP contribution in [-0.2, 0) is 131 Å². The first-order valence-corrected chi connectivity index (χ1v) is 42.1. The summed E-state index contributed by atoms with van der Waals surface area (Å²) in [7, 11) is -10.5. The van der Waals surface area contributed by atoms with E-state index in [0.717, 1.165) is 19.3 Å². The quantitative estimate of drug-likeness (QED) is 0.0216. The maximum Gasteiger partial charge on any atom is 0.397 e. The maximum atomic E-state index is 13.4. The fourth-order valence-corrected chi connectivity index (χ4v) is 15.2. The molecule has 17 N–H and O–H groups in total. The summed E-state index contributed by atoms with van der Waals surface area (Å²) in [5, 5.41) is 136. The topological polar surface area (TPSA) is 614 Å². The zero-order valence-electron chi connectivity index (χ0n) is 64.8. The Hall–Kier alpha value is -4.24. The Bertz CT molecular complexity index is 3390. The predicted octanol–water partition coefficient (Wildman–Crippen LogP) is -4.99. The Balaban J connectivity index is 0.820. The summed E-state index contributed by atoms with van der Waals surface area (Å²) in [6, 6.07) is 4.09. The van der Waals surface area contributed by atoms with Crippen LogP contribution in [0, 0.1) is 0 Å². The molecular weight excluding hydrogens is 1600 g/mol. The van der Waals surface area contributed by atoms with Crippen molar-refractivity contribution in [2.75, 3.05) is 59.5 Å². The summed E-state index contributed by atoms with van der Waals surface area (Å²) in [6.45, 7) is 1.33. The Morgan fingerprint density at radius 1 is 0.405 bits per heavy atom. The van der Waals surface area contributed by atoms with E-state index >= 15 is 0 Å². The molecule has 0 radical (unpaired) electrons. The van der Waals surface area contributed by atoms with E-state index in [2.05, 4.69) is 25.5 Å². The van der Waals surface area contributed by atoms with Crippen LogP contribution in [-0.4, -0.2) is 362 Å².